The molecule has 0 fully saturated rings. The SMILES string of the molecule is O=C(CNS(=O)(=O)CCCNCCC(F)(F)F)Nc1c2c(cc3c1CCC3)CCC2. The number of aryl methyl sites for hydroxylation is 2. The number of fused-ring (bicyclic) bond motifs is 2. The highest BCUT2D eigenvalue weighted by molar-refractivity contribution is 7.89. The van der Waals surface area contributed by atoms with Crippen molar-refractivity contribution in [1.29, 1.82) is 0 Å². The van der Waals surface area contributed by atoms with Gasteiger partial charge in [-0.3, -0.25) is 4.79 Å². The largest absolute Gasteiger partial charge is 0.390 e. The molecule has 0 heterocycles. The van der Waals surface area contributed by atoms with Crippen molar-refractivity contribution in [3.05, 3.63) is 28.3 Å². The summed E-state index contributed by atoms with van der Waals surface area (Å²) in [5.41, 5.74) is 5.79. The lowest BCUT2D eigenvalue weighted by Crippen LogP contribution is -2.35. The molecular formula is C20H28F3N3O3S. The number of carbonyl (C=O) groups is 1. The lowest BCUT2D eigenvalue weighted by atomic mass is 9.98. The molecule has 10 heteroatoms. The fraction of sp³-hybridized carbons (Fsp3) is 0.650. The minimum atomic E-state index is -4.23. The molecule has 2 aliphatic rings. The van der Waals surface area contributed by atoms with Gasteiger partial charge in [0.15, 0.2) is 0 Å². The van der Waals surface area contributed by atoms with Gasteiger partial charge in [-0.1, -0.05) is 6.07 Å². The molecule has 1 amide bonds. The Morgan fingerprint density at radius 2 is 1.63 bits per heavy atom. The number of alkyl halides is 3. The van der Waals surface area contributed by atoms with Crippen LogP contribution in [-0.2, 0) is 40.5 Å². The molecule has 3 N–H and O–H groups in total. The monoisotopic (exact) mass is 447 g/mol. The molecule has 168 valence electrons. The molecular weight excluding hydrogens is 419 g/mol. The summed E-state index contributed by atoms with van der Waals surface area (Å²) < 4.78 is 62.5. The number of sulfonamides is 1. The number of hydrogen-bond acceptors (Lipinski definition) is 4. The molecule has 2 aliphatic carbocycles. The van der Waals surface area contributed by atoms with E-state index in [2.05, 4.69) is 21.4 Å². The fourth-order valence-corrected chi connectivity index (χ4v) is 5.16. The second kappa shape index (κ2) is 9.65. The van der Waals surface area contributed by atoms with Crippen molar-refractivity contribution in [2.24, 2.45) is 0 Å². The first-order valence-corrected chi connectivity index (χ1v) is 12.0. The van der Waals surface area contributed by atoms with Gasteiger partial charge in [0.25, 0.3) is 0 Å². The van der Waals surface area contributed by atoms with E-state index in [9.17, 15) is 26.4 Å². The van der Waals surface area contributed by atoms with Gasteiger partial charge in [0.05, 0.1) is 18.7 Å². The van der Waals surface area contributed by atoms with Crippen LogP contribution in [0.2, 0.25) is 0 Å². The number of halogens is 3. The molecule has 0 radical (unpaired) electrons. The van der Waals surface area contributed by atoms with Crippen LogP contribution in [0.25, 0.3) is 0 Å². The summed E-state index contributed by atoms with van der Waals surface area (Å²) in [6, 6.07) is 2.26. The fourth-order valence-electron chi connectivity index (χ4n) is 4.14. The van der Waals surface area contributed by atoms with Gasteiger partial charge in [0, 0.05) is 12.2 Å². The molecule has 30 heavy (non-hydrogen) atoms. The first-order valence-electron chi connectivity index (χ1n) is 10.4. The molecule has 0 spiro atoms. The number of anilines is 1. The highest BCUT2D eigenvalue weighted by Gasteiger charge is 2.26. The maximum Gasteiger partial charge on any atom is 0.390 e. The summed E-state index contributed by atoms with van der Waals surface area (Å²) >= 11 is 0. The predicted molar refractivity (Wildman–Crippen MR) is 109 cm³/mol. The summed E-state index contributed by atoms with van der Waals surface area (Å²) in [6.07, 6.45) is 0.961. The Hall–Kier alpha value is -1.65. The van der Waals surface area contributed by atoms with Crippen molar-refractivity contribution in [2.75, 3.05) is 30.7 Å². The third-order valence-corrected chi connectivity index (χ3v) is 6.95. The van der Waals surface area contributed by atoms with E-state index in [0.29, 0.717) is 0 Å². The van der Waals surface area contributed by atoms with Gasteiger partial charge in [-0.15, -0.1) is 0 Å². The van der Waals surface area contributed by atoms with Gasteiger partial charge >= 0.3 is 6.18 Å². The third-order valence-electron chi connectivity index (χ3n) is 5.54. The zero-order valence-electron chi connectivity index (χ0n) is 16.8. The van der Waals surface area contributed by atoms with E-state index < -0.39 is 28.5 Å². The van der Waals surface area contributed by atoms with Gasteiger partial charge in [0.2, 0.25) is 15.9 Å². The lowest BCUT2D eigenvalue weighted by Gasteiger charge is -2.16. The zero-order chi connectivity index (χ0) is 21.8. The average molecular weight is 448 g/mol. The first-order chi connectivity index (χ1) is 14.1. The normalized spacial score (nSPS) is 15.8. The molecule has 3 rings (SSSR count). The number of amides is 1. The van der Waals surface area contributed by atoms with E-state index in [4.69, 9.17) is 0 Å². The smallest absolute Gasteiger partial charge is 0.324 e. The van der Waals surface area contributed by atoms with E-state index in [1.54, 1.807) is 0 Å². The Morgan fingerprint density at radius 3 is 2.23 bits per heavy atom. The average Bonchev–Trinajstić information content (AvgIpc) is 3.31. The number of hydrogen-bond donors (Lipinski definition) is 3. The van der Waals surface area contributed by atoms with Crippen LogP contribution >= 0.6 is 0 Å². The summed E-state index contributed by atoms with van der Waals surface area (Å²) in [4.78, 5) is 12.4. The lowest BCUT2D eigenvalue weighted by molar-refractivity contribution is -0.133. The molecule has 0 saturated heterocycles. The summed E-state index contributed by atoms with van der Waals surface area (Å²) in [7, 11) is -3.68. The van der Waals surface area contributed by atoms with Crippen LogP contribution in [0.5, 0.6) is 0 Å². The molecule has 1 aromatic carbocycles. The predicted octanol–water partition coefficient (Wildman–Crippen LogP) is 2.45. The molecule has 0 aromatic heterocycles. The molecule has 1 aromatic rings. The summed E-state index contributed by atoms with van der Waals surface area (Å²) in [6.45, 7) is -0.446. The van der Waals surface area contributed by atoms with Gasteiger partial charge in [-0.05, 0) is 73.7 Å². The third kappa shape index (κ3) is 6.42. The highest BCUT2D eigenvalue weighted by atomic mass is 32.2. The molecule has 0 bridgehead atoms. The van der Waals surface area contributed by atoms with Crippen molar-refractivity contribution in [1.82, 2.24) is 10.0 Å². The van der Waals surface area contributed by atoms with E-state index >= 15 is 0 Å². The van der Waals surface area contributed by atoms with E-state index in [1.807, 2.05) is 0 Å². The van der Waals surface area contributed by atoms with Gasteiger partial charge in [-0.2, -0.15) is 13.2 Å². The first kappa shape index (κ1) is 23.0. The Labute approximate surface area is 175 Å². The van der Waals surface area contributed by atoms with Gasteiger partial charge in [0.1, 0.15) is 0 Å². The van der Waals surface area contributed by atoms with Crippen LogP contribution in [0.4, 0.5) is 18.9 Å². The van der Waals surface area contributed by atoms with Crippen molar-refractivity contribution in [3.63, 3.8) is 0 Å². The topological polar surface area (TPSA) is 87.3 Å². The van der Waals surface area contributed by atoms with Crippen LogP contribution in [0.15, 0.2) is 6.07 Å². The molecule has 0 saturated carbocycles. The van der Waals surface area contributed by atoms with Crippen LogP contribution < -0.4 is 15.4 Å². The molecule has 0 atom stereocenters. The molecule has 0 unspecified atom stereocenters. The quantitative estimate of drug-likeness (QED) is 0.481. The highest BCUT2D eigenvalue weighted by Crippen LogP contribution is 2.38. The summed E-state index contributed by atoms with van der Waals surface area (Å²) in [5, 5.41) is 5.50. The van der Waals surface area contributed by atoms with Crippen molar-refractivity contribution >= 4 is 21.6 Å². The summed E-state index contributed by atoms with van der Waals surface area (Å²) in [5.74, 6) is -0.661. The number of carbonyl (C=O) groups excluding carboxylic acids is 1. The van der Waals surface area contributed by atoms with E-state index in [-0.39, 0.29) is 31.8 Å². The van der Waals surface area contributed by atoms with Crippen LogP contribution in [0, 0.1) is 0 Å². The number of benzene rings is 1. The minimum absolute atomic E-state index is 0.158. The van der Waals surface area contributed by atoms with Gasteiger partial charge in [-0.25, -0.2) is 13.1 Å². The second-order valence-corrected chi connectivity index (χ2v) is 9.82. The maximum absolute atomic E-state index is 12.4. The second-order valence-electron chi connectivity index (χ2n) is 7.89. The Balaban J connectivity index is 1.45. The number of nitrogens with one attached hydrogen (secondary N) is 3. The Kier molecular flexibility index (Phi) is 7.41. The Bertz CT molecular complexity index is 853. The van der Waals surface area contributed by atoms with Crippen molar-refractivity contribution < 1.29 is 26.4 Å². The van der Waals surface area contributed by atoms with Crippen LogP contribution in [0.1, 0.15) is 47.9 Å². The standard InChI is InChI=1S/C20H28F3N3O3S/c21-20(22,23)8-10-24-9-3-11-30(28,29)25-13-18(27)26-19-16-6-1-4-14(16)12-15-5-2-7-17(15)19/h12,24-25H,1-11,13H2,(H,26,27). The van der Waals surface area contributed by atoms with Crippen LogP contribution in [0.3, 0.4) is 0 Å². The minimum Gasteiger partial charge on any atom is -0.324 e. The van der Waals surface area contributed by atoms with Crippen molar-refractivity contribution in [3.8, 4) is 0 Å². The number of rotatable bonds is 10. The van der Waals surface area contributed by atoms with Gasteiger partial charge < -0.3 is 10.6 Å². The van der Waals surface area contributed by atoms with Crippen LogP contribution in [-0.4, -0.2) is 45.9 Å². The molecule has 0 aliphatic heterocycles. The Morgan fingerprint density at radius 1 is 1.00 bits per heavy atom. The van der Waals surface area contributed by atoms with Crippen molar-refractivity contribution in [2.45, 2.75) is 57.5 Å². The van der Waals surface area contributed by atoms with E-state index in [1.165, 1.54) is 22.3 Å². The zero-order valence-corrected chi connectivity index (χ0v) is 17.6. The van der Waals surface area contributed by atoms with E-state index in [0.717, 1.165) is 44.2 Å². The maximum atomic E-state index is 12.4. The molecule has 6 nitrogen and oxygen atoms in total.